The van der Waals surface area contributed by atoms with Crippen LogP contribution in [0.2, 0.25) is 0 Å². The van der Waals surface area contributed by atoms with Crippen LogP contribution in [0.5, 0.6) is 0 Å². The molecule has 0 fully saturated rings. The second-order valence-corrected chi connectivity index (χ2v) is 10.8. The van der Waals surface area contributed by atoms with Gasteiger partial charge >= 0.3 is 66.7 Å². The Morgan fingerprint density at radius 1 is 0.850 bits per heavy atom. The minimum absolute atomic E-state index is 0. The number of hydrogen-bond donors (Lipinski definition) is 4. The molecule has 0 spiro atoms. The molecule has 16 heteroatoms. The summed E-state index contributed by atoms with van der Waals surface area (Å²) in [5.41, 5.74) is 6.49. The Morgan fingerprint density at radius 3 is 0.900 bits per heavy atom. The molecule has 142 valence electrons. The van der Waals surface area contributed by atoms with E-state index in [1.54, 1.807) is 0 Å². The van der Waals surface area contributed by atoms with Gasteiger partial charge in [-0.3, -0.25) is 9.13 Å². The first-order valence-corrected chi connectivity index (χ1v) is 13.5. The van der Waals surface area contributed by atoms with Gasteiger partial charge in [0.15, 0.2) is 12.6 Å². The van der Waals surface area contributed by atoms with Crippen LogP contribution in [0.15, 0.2) is 0 Å². The summed E-state index contributed by atoms with van der Waals surface area (Å²) in [5, 5.41) is 0. The van der Waals surface area contributed by atoms with E-state index >= 15 is 0 Å². The summed E-state index contributed by atoms with van der Waals surface area (Å²) in [4.78, 5) is 16.6. The molecule has 0 aromatic rings. The van der Waals surface area contributed by atoms with Gasteiger partial charge in [0.2, 0.25) is 14.7 Å². The minimum atomic E-state index is -2.76. The molecule has 0 rings (SSSR count). The quantitative estimate of drug-likeness (QED) is 0.205. The van der Waals surface area contributed by atoms with Crippen LogP contribution < -0.4 is 11.5 Å². The summed E-state index contributed by atoms with van der Waals surface area (Å²) < 4.78 is 20.2. The van der Waals surface area contributed by atoms with Crippen LogP contribution >= 0.6 is 55.1 Å². The van der Waals surface area contributed by atoms with Crippen molar-refractivity contribution >= 4 is 55.1 Å². The van der Waals surface area contributed by atoms with Gasteiger partial charge < -0.3 is 32.2 Å². The van der Waals surface area contributed by atoms with Crippen molar-refractivity contribution in [1.29, 1.82) is 0 Å². The predicted molar refractivity (Wildman–Crippen MR) is 80.2 cm³/mol. The molecule has 14 N–H and O–H groups in total. The van der Waals surface area contributed by atoms with Crippen molar-refractivity contribution in [2.24, 2.45) is 0 Å². The molecule has 0 aliphatic carbocycles. The van der Waals surface area contributed by atoms with E-state index in [9.17, 15) is 9.13 Å². The molecule has 8 nitrogen and oxygen atoms in total. The second-order valence-electron chi connectivity index (χ2n) is 2.64. The molecule has 0 amide bonds. The maximum Gasteiger partial charge on any atom is -0.457 e. The predicted octanol–water partition coefficient (Wildman–Crippen LogP) is -0.919. The van der Waals surface area contributed by atoms with E-state index in [-0.39, 0.29) is 23.5 Å². The molecule has 0 saturated carbocycles. The van der Waals surface area contributed by atoms with E-state index < -0.39 is 14.7 Å². The minimum Gasteiger partial charge on any atom is -0.457 e. The Morgan fingerprint density at radius 2 is 0.900 bits per heavy atom. The van der Waals surface area contributed by atoms with Crippen molar-refractivity contribution in [2.75, 3.05) is 25.9 Å². The third-order valence-electron chi connectivity index (χ3n) is 0.830. The third kappa shape index (κ3) is 109. The van der Waals surface area contributed by atoms with Gasteiger partial charge in [0.05, 0.1) is 0 Å². The Labute approximate surface area is 148 Å². The third-order valence-corrected chi connectivity index (χ3v) is 2.49. The molecule has 0 radical (unpaired) electrons. The van der Waals surface area contributed by atoms with Crippen LogP contribution in [0.4, 0.5) is 0 Å². The fourth-order valence-corrected chi connectivity index (χ4v) is 0. The van der Waals surface area contributed by atoms with E-state index in [4.69, 9.17) is 9.79 Å². The van der Waals surface area contributed by atoms with Crippen molar-refractivity contribution in [3.05, 3.63) is 0 Å². The molecular weight excluding hydrogens is 503 g/mol. The number of rotatable bonds is 2. The van der Waals surface area contributed by atoms with Gasteiger partial charge in [-0.1, -0.05) is 0 Å². The van der Waals surface area contributed by atoms with Gasteiger partial charge in [-0.2, -0.15) is 0 Å². The van der Waals surface area contributed by atoms with Gasteiger partial charge in [-0.05, 0) is 0 Å². The monoisotopic (exact) mass is 524 g/mol. The first kappa shape index (κ1) is 38.2. The Kier molecular flexibility index (Phi) is 50.2. The summed E-state index contributed by atoms with van der Waals surface area (Å²) in [6.45, 7) is 2.58. The van der Waals surface area contributed by atoms with Crippen molar-refractivity contribution in [3.8, 4) is 0 Å². The maximum absolute atomic E-state index is 10.1. The summed E-state index contributed by atoms with van der Waals surface area (Å²) in [6, 6.07) is 0. The largest absolute Gasteiger partial charge is 0.457 e. The fraction of sp³-hybridized carbons (Fsp3) is 1.00. The van der Waals surface area contributed by atoms with E-state index in [0.29, 0.717) is 0 Å². The molecule has 0 aromatic carbocycles. The van der Waals surface area contributed by atoms with Crippen LogP contribution in [-0.2, 0) is 46.3 Å². The number of halogens is 4. The Hall–Kier alpha value is 2.42. The number of hydrogen-bond acceptors (Lipinski definition) is 2. The normalized spacial score (nSPS) is 14.1. The molecule has 0 aliphatic rings. The summed E-state index contributed by atoms with van der Waals surface area (Å²) in [7, 11) is 13.2. The molecule has 20 heavy (non-hydrogen) atoms. The topological polar surface area (TPSA) is 196 Å². The van der Waals surface area contributed by atoms with Crippen molar-refractivity contribution in [2.45, 2.75) is 0 Å². The smallest absolute Gasteiger partial charge is 0.457 e. The molecule has 0 heterocycles. The summed E-state index contributed by atoms with van der Waals surface area (Å²) in [6.07, 6.45) is 0.264. The first-order valence-electron chi connectivity index (χ1n) is 3.75. The Balaban J connectivity index is -0.0000000332. The van der Waals surface area contributed by atoms with Crippen molar-refractivity contribution < 1.29 is 67.6 Å². The summed E-state index contributed by atoms with van der Waals surface area (Å²) >= 11 is 1.51. The average Bonchev–Trinajstić information content (AvgIpc) is 2.19. The van der Waals surface area contributed by atoms with Gasteiger partial charge in [-0.15, -0.1) is 0 Å². The van der Waals surface area contributed by atoms with Crippen molar-refractivity contribution in [1.82, 2.24) is 0 Å². The van der Waals surface area contributed by atoms with Gasteiger partial charge in [0.25, 0.3) is 0 Å². The standard InChI is InChI=1S/2C2H8NO2P.4ClH.2Cu.2H2O/c2*1-6(4,5)2-3;;;;;;;;/h2*2-3H2,1H3,(H,4,5);4*1H;;;2*1H2/q;;;;;;2*+2;;. The van der Waals surface area contributed by atoms with Gasteiger partial charge in [-0.25, -0.2) is 0 Å². The van der Waals surface area contributed by atoms with E-state index in [2.05, 4.69) is 51.9 Å². The van der Waals surface area contributed by atoms with Crippen molar-refractivity contribution in [3.63, 3.8) is 0 Å². The molecule has 0 bridgehead atoms. The van der Waals surface area contributed by atoms with Crippen LogP contribution in [0.3, 0.4) is 0 Å². The zero-order chi connectivity index (χ0) is 15.8. The van der Waals surface area contributed by atoms with E-state index in [1.807, 2.05) is 0 Å². The molecule has 0 aliphatic heterocycles. The Bertz CT molecular complexity index is 221. The maximum atomic E-state index is 10.1. The first-order chi connectivity index (χ1) is 7.95. The van der Waals surface area contributed by atoms with Crippen LogP contribution in [0.25, 0.3) is 0 Å². The second kappa shape index (κ2) is 26.3. The van der Waals surface area contributed by atoms with Crippen LogP contribution in [0, 0.1) is 0 Å². The molecular formula is C4H24Cl4Cu2N2O6P2+4. The fourth-order valence-electron chi connectivity index (χ4n) is 0. The average molecular weight is 527 g/mol. The zero-order valence-electron chi connectivity index (χ0n) is 10.7. The van der Waals surface area contributed by atoms with Gasteiger partial charge in [0, 0.05) is 13.3 Å². The number of quaternary nitrogens is 2. The van der Waals surface area contributed by atoms with Crippen LogP contribution in [0.1, 0.15) is 0 Å². The van der Waals surface area contributed by atoms with Crippen LogP contribution in [-0.4, -0.2) is 35.7 Å². The SMILES string of the molecule is CP(=O)(O)C[NH3+].CP(=O)(O)C[NH3+].[Cl][Cu][Cl].[Cl][Cu][Cl].[OH3+].[OH3+]. The molecule has 0 saturated heterocycles. The molecule has 0 aromatic heterocycles. The molecule has 2 atom stereocenters. The van der Waals surface area contributed by atoms with E-state index in [1.165, 1.54) is 13.3 Å². The summed E-state index contributed by atoms with van der Waals surface area (Å²) in [5.74, 6) is 0. The zero-order valence-corrected chi connectivity index (χ0v) is 17.4. The molecule has 2 unspecified atom stereocenters. The van der Waals surface area contributed by atoms with Gasteiger partial charge in [0.1, 0.15) is 0 Å². The van der Waals surface area contributed by atoms with E-state index in [0.717, 1.165) is 26.3 Å².